The summed E-state index contributed by atoms with van der Waals surface area (Å²) in [5.74, 6) is 1.71. The van der Waals surface area contributed by atoms with Crippen LogP contribution in [0.5, 0.6) is 17.2 Å². The number of carbonyl (C=O) groups excluding carboxylic acids is 1. The molecule has 0 aliphatic rings. The van der Waals surface area contributed by atoms with Crippen LogP contribution < -0.4 is 14.2 Å². The van der Waals surface area contributed by atoms with Gasteiger partial charge in [-0.05, 0) is 61.6 Å². The van der Waals surface area contributed by atoms with E-state index in [-0.39, 0.29) is 30.0 Å². The fraction of sp³-hybridized carbons (Fsp3) is 0.296. The molecule has 176 valence electrons. The molecule has 3 rings (SSSR count). The SMILES string of the molecule is COc1cccc(C(=O)[C@H](CN(C)C)C(c2cccc(OC)c2)c2cccc(OC)c2)c1.Cl. The third-order valence-electron chi connectivity index (χ3n) is 5.56. The summed E-state index contributed by atoms with van der Waals surface area (Å²) < 4.78 is 16.3. The van der Waals surface area contributed by atoms with Crippen LogP contribution in [0.1, 0.15) is 27.4 Å². The number of ether oxygens (including phenoxy) is 3. The Bertz CT molecular complexity index is 1010. The summed E-state index contributed by atoms with van der Waals surface area (Å²) in [6, 6.07) is 23.2. The number of ketones is 1. The molecule has 1 atom stereocenters. The molecule has 0 aliphatic heterocycles. The minimum atomic E-state index is -0.337. The molecular weight excluding hydrogens is 438 g/mol. The van der Waals surface area contributed by atoms with Crippen molar-refractivity contribution in [2.24, 2.45) is 5.92 Å². The van der Waals surface area contributed by atoms with Gasteiger partial charge >= 0.3 is 0 Å². The summed E-state index contributed by atoms with van der Waals surface area (Å²) in [6.45, 7) is 0.579. The Morgan fingerprint density at radius 3 is 1.67 bits per heavy atom. The highest BCUT2D eigenvalue weighted by Gasteiger charge is 2.33. The summed E-state index contributed by atoms with van der Waals surface area (Å²) in [6.07, 6.45) is 0. The van der Waals surface area contributed by atoms with Crippen LogP contribution in [0.3, 0.4) is 0 Å². The number of hydrogen-bond acceptors (Lipinski definition) is 5. The lowest BCUT2D eigenvalue weighted by Crippen LogP contribution is -2.33. The molecule has 0 bridgehead atoms. The van der Waals surface area contributed by atoms with Gasteiger partial charge < -0.3 is 19.1 Å². The minimum Gasteiger partial charge on any atom is -0.497 e. The second kappa shape index (κ2) is 12.3. The minimum absolute atomic E-state index is 0. The Hall–Kier alpha value is -3.02. The topological polar surface area (TPSA) is 48.0 Å². The first-order chi connectivity index (χ1) is 15.5. The van der Waals surface area contributed by atoms with Crippen molar-refractivity contribution >= 4 is 18.2 Å². The van der Waals surface area contributed by atoms with Gasteiger partial charge in [0.1, 0.15) is 17.2 Å². The molecule has 0 N–H and O–H groups in total. The predicted octanol–water partition coefficient (Wildman–Crippen LogP) is 5.33. The molecule has 0 saturated heterocycles. The molecule has 0 saturated carbocycles. The Labute approximate surface area is 202 Å². The largest absolute Gasteiger partial charge is 0.497 e. The van der Waals surface area contributed by atoms with Crippen LogP contribution in [0, 0.1) is 5.92 Å². The Morgan fingerprint density at radius 1 is 0.758 bits per heavy atom. The second-order valence-electron chi connectivity index (χ2n) is 8.00. The van der Waals surface area contributed by atoms with E-state index in [1.165, 1.54) is 0 Å². The zero-order valence-electron chi connectivity index (χ0n) is 19.8. The number of hydrogen-bond donors (Lipinski definition) is 0. The monoisotopic (exact) mass is 469 g/mol. The number of benzene rings is 3. The van der Waals surface area contributed by atoms with E-state index >= 15 is 0 Å². The van der Waals surface area contributed by atoms with Gasteiger partial charge in [0.25, 0.3) is 0 Å². The van der Waals surface area contributed by atoms with Crippen molar-refractivity contribution in [3.05, 3.63) is 89.5 Å². The molecule has 0 amide bonds. The van der Waals surface area contributed by atoms with Crippen LogP contribution in [0.25, 0.3) is 0 Å². The van der Waals surface area contributed by atoms with E-state index in [4.69, 9.17) is 14.2 Å². The lowest BCUT2D eigenvalue weighted by molar-refractivity contribution is 0.0882. The molecule has 0 radical (unpaired) electrons. The summed E-state index contributed by atoms with van der Waals surface area (Å²) in [5, 5.41) is 0. The maximum Gasteiger partial charge on any atom is 0.168 e. The van der Waals surface area contributed by atoms with Crippen molar-refractivity contribution in [2.45, 2.75) is 5.92 Å². The van der Waals surface area contributed by atoms with Crippen molar-refractivity contribution in [1.82, 2.24) is 4.90 Å². The predicted molar refractivity (Wildman–Crippen MR) is 134 cm³/mol. The average Bonchev–Trinajstić information content (AvgIpc) is 2.83. The van der Waals surface area contributed by atoms with Gasteiger partial charge in [0.05, 0.1) is 21.3 Å². The smallest absolute Gasteiger partial charge is 0.168 e. The molecule has 0 unspecified atom stereocenters. The van der Waals surface area contributed by atoms with Crippen LogP contribution in [-0.2, 0) is 0 Å². The standard InChI is InChI=1S/C27H31NO4.ClH/c1-28(2)18-25(27(29)21-11-8-14-24(17-21)32-5)26(19-9-6-12-22(15-19)30-3)20-10-7-13-23(16-20)31-4;/h6-17,25-26H,18H2,1-5H3;1H/t25-;/m1./s1. The van der Waals surface area contributed by atoms with Crippen molar-refractivity contribution in [3.8, 4) is 17.2 Å². The highest BCUT2D eigenvalue weighted by atomic mass is 35.5. The lowest BCUT2D eigenvalue weighted by atomic mass is 9.76. The zero-order chi connectivity index (χ0) is 23.1. The van der Waals surface area contributed by atoms with E-state index in [2.05, 4.69) is 4.90 Å². The van der Waals surface area contributed by atoms with Gasteiger partial charge in [-0.15, -0.1) is 12.4 Å². The van der Waals surface area contributed by atoms with Gasteiger partial charge in [0.15, 0.2) is 5.78 Å². The molecule has 5 nitrogen and oxygen atoms in total. The van der Waals surface area contributed by atoms with Crippen LogP contribution in [0.4, 0.5) is 0 Å². The Morgan fingerprint density at radius 2 is 1.21 bits per heavy atom. The molecule has 0 aliphatic carbocycles. The number of nitrogens with zero attached hydrogens (tertiary/aromatic N) is 1. The first-order valence-corrected chi connectivity index (χ1v) is 10.6. The molecule has 3 aromatic rings. The van der Waals surface area contributed by atoms with E-state index in [1.807, 2.05) is 80.8 Å². The molecule has 0 fully saturated rings. The van der Waals surface area contributed by atoms with Gasteiger partial charge in [-0.2, -0.15) is 0 Å². The number of halogens is 1. The molecule has 3 aromatic carbocycles. The summed E-state index contributed by atoms with van der Waals surface area (Å²) in [7, 11) is 8.88. The summed E-state index contributed by atoms with van der Waals surface area (Å²) in [5.41, 5.74) is 2.66. The van der Waals surface area contributed by atoms with Crippen LogP contribution in [0.15, 0.2) is 72.8 Å². The van der Waals surface area contributed by atoms with Crippen molar-refractivity contribution < 1.29 is 19.0 Å². The molecule has 0 heterocycles. The van der Waals surface area contributed by atoms with Crippen LogP contribution >= 0.6 is 12.4 Å². The lowest BCUT2D eigenvalue weighted by Gasteiger charge is -2.30. The molecule has 0 spiro atoms. The third kappa shape index (κ3) is 6.50. The van der Waals surface area contributed by atoms with Gasteiger partial charge in [-0.25, -0.2) is 0 Å². The van der Waals surface area contributed by atoms with E-state index < -0.39 is 0 Å². The van der Waals surface area contributed by atoms with Crippen LogP contribution in [-0.4, -0.2) is 52.7 Å². The van der Waals surface area contributed by atoms with Crippen molar-refractivity contribution in [1.29, 1.82) is 0 Å². The van der Waals surface area contributed by atoms with Gasteiger partial charge in [-0.3, -0.25) is 4.79 Å². The van der Waals surface area contributed by atoms with Crippen LogP contribution in [0.2, 0.25) is 0 Å². The first kappa shape index (κ1) is 26.2. The molecule has 0 aromatic heterocycles. The Kier molecular flexibility index (Phi) is 9.76. The normalized spacial score (nSPS) is 11.6. The number of methoxy groups -OCH3 is 3. The van der Waals surface area contributed by atoms with Gasteiger partial charge in [0.2, 0.25) is 0 Å². The van der Waals surface area contributed by atoms with E-state index in [0.29, 0.717) is 17.9 Å². The fourth-order valence-corrected chi connectivity index (χ4v) is 4.05. The second-order valence-corrected chi connectivity index (χ2v) is 8.00. The summed E-state index contributed by atoms with van der Waals surface area (Å²) >= 11 is 0. The Balaban J connectivity index is 0.00000385. The summed E-state index contributed by atoms with van der Waals surface area (Å²) in [4.78, 5) is 16.0. The van der Waals surface area contributed by atoms with E-state index in [9.17, 15) is 4.79 Å². The van der Waals surface area contributed by atoms with Crippen molar-refractivity contribution in [3.63, 3.8) is 0 Å². The molecular formula is C27H32ClNO4. The third-order valence-corrected chi connectivity index (χ3v) is 5.56. The fourth-order valence-electron chi connectivity index (χ4n) is 4.05. The first-order valence-electron chi connectivity index (χ1n) is 10.6. The van der Waals surface area contributed by atoms with Crippen molar-refractivity contribution in [2.75, 3.05) is 42.0 Å². The van der Waals surface area contributed by atoms with Gasteiger partial charge in [-0.1, -0.05) is 36.4 Å². The van der Waals surface area contributed by atoms with E-state index in [0.717, 1.165) is 22.6 Å². The highest BCUT2D eigenvalue weighted by molar-refractivity contribution is 5.99. The average molecular weight is 470 g/mol. The van der Waals surface area contributed by atoms with Gasteiger partial charge in [0, 0.05) is 23.9 Å². The number of rotatable bonds is 10. The zero-order valence-corrected chi connectivity index (χ0v) is 20.6. The number of carbonyl (C=O) groups is 1. The molecule has 33 heavy (non-hydrogen) atoms. The van der Waals surface area contributed by atoms with E-state index in [1.54, 1.807) is 27.4 Å². The maximum atomic E-state index is 13.9. The molecule has 6 heteroatoms. The number of Topliss-reactive ketones (excluding diaryl/α,β-unsaturated/α-hetero) is 1. The quantitative estimate of drug-likeness (QED) is 0.376. The highest BCUT2D eigenvalue weighted by Crippen LogP contribution is 2.37. The maximum absolute atomic E-state index is 13.9.